The number of carboxylic acid groups (broad SMARTS) is 1. The zero-order valence-corrected chi connectivity index (χ0v) is 10.4. The van der Waals surface area contributed by atoms with E-state index in [0.29, 0.717) is 22.7 Å². The number of hydrogen-bond acceptors (Lipinski definition) is 4. The fourth-order valence-corrected chi connectivity index (χ4v) is 1.89. The summed E-state index contributed by atoms with van der Waals surface area (Å²) in [5.41, 5.74) is 0.903. The number of fused-ring (bicyclic) bond motifs is 1. The van der Waals surface area contributed by atoms with Crippen molar-refractivity contribution in [1.82, 2.24) is 4.98 Å². The molecule has 5 heteroatoms. The molecule has 0 aliphatic heterocycles. The molecule has 0 saturated carbocycles. The topological polar surface area (TPSA) is 72.6 Å². The zero-order valence-electron chi connectivity index (χ0n) is 10.4. The molecule has 1 N–H and O–H groups in total. The number of hydrogen-bond donors (Lipinski definition) is 1. The molecule has 100 valence electrons. The number of aromatic carboxylic acids is 1. The van der Waals surface area contributed by atoms with Gasteiger partial charge >= 0.3 is 5.97 Å². The van der Waals surface area contributed by atoms with Gasteiger partial charge in [-0.25, -0.2) is 9.78 Å². The average molecular weight is 269 g/mol. The summed E-state index contributed by atoms with van der Waals surface area (Å²) in [7, 11) is 0. The van der Waals surface area contributed by atoms with Gasteiger partial charge in [0.2, 0.25) is 5.89 Å². The molecule has 3 rings (SSSR count). The van der Waals surface area contributed by atoms with Crippen molar-refractivity contribution in [1.29, 1.82) is 0 Å². The Hall–Kier alpha value is -2.82. The monoisotopic (exact) mass is 269 g/mol. The van der Waals surface area contributed by atoms with Gasteiger partial charge in [0.1, 0.15) is 11.3 Å². The molecule has 0 saturated heterocycles. The summed E-state index contributed by atoms with van der Waals surface area (Å²) in [6.07, 6.45) is 0. The number of benzene rings is 2. The molecule has 3 aromatic rings. The number of aromatic nitrogens is 1. The summed E-state index contributed by atoms with van der Waals surface area (Å²) in [4.78, 5) is 15.3. The van der Waals surface area contributed by atoms with E-state index in [1.807, 2.05) is 30.3 Å². The van der Waals surface area contributed by atoms with Crippen LogP contribution in [0.4, 0.5) is 0 Å². The van der Waals surface area contributed by atoms with E-state index < -0.39 is 5.97 Å². The van der Waals surface area contributed by atoms with Crippen LogP contribution in [0, 0.1) is 0 Å². The number of rotatable bonds is 4. The molecule has 2 aromatic carbocycles. The Morgan fingerprint density at radius 3 is 2.70 bits per heavy atom. The first-order chi connectivity index (χ1) is 9.74. The molecule has 0 atom stereocenters. The fraction of sp³-hybridized carbons (Fsp3) is 0.0667. The molecule has 0 aliphatic rings. The van der Waals surface area contributed by atoms with Gasteiger partial charge in [0.15, 0.2) is 12.2 Å². The van der Waals surface area contributed by atoms with Crippen LogP contribution in [0.5, 0.6) is 5.75 Å². The third-order valence-corrected chi connectivity index (χ3v) is 2.80. The van der Waals surface area contributed by atoms with Gasteiger partial charge in [0.05, 0.1) is 5.56 Å². The lowest BCUT2D eigenvalue weighted by Crippen LogP contribution is -1.98. The van der Waals surface area contributed by atoms with E-state index in [0.717, 1.165) is 0 Å². The summed E-state index contributed by atoms with van der Waals surface area (Å²) in [5, 5.41) is 9.09. The molecule has 5 nitrogen and oxygen atoms in total. The van der Waals surface area contributed by atoms with Crippen molar-refractivity contribution in [2.24, 2.45) is 0 Å². The molecule has 0 aliphatic carbocycles. The van der Waals surface area contributed by atoms with E-state index in [2.05, 4.69) is 4.98 Å². The van der Waals surface area contributed by atoms with E-state index >= 15 is 0 Å². The molecule has 0 bridgehead atoms. The van der Waals surface area contributed by atoms with Crippen LogP contribution in [-0.2, 0) is 6.61 Å². The largest absolute Gasteiger partial charge is 0.484 e. The lowest BCUT2D eigenvalue weighted by Gasteiger charge is -2.01. The highest BCUT2D eigenvalue weighted by atomic mass is 16.5. The van der Waals surface area contributed by atoms with Crippen LogP contribution in [-0.4, -0.2) is 16.1 Å². The van der Waals surface area contributed by atoms with Crippen molar-refractivity contribution in [3.63, 3.8) is 0 Å². The minimum Gasteiger partial charge on any atom is -0.484 e. The third-order valence-electron chi connectivity index (χ3n) is 2.80. The first-order valence-corrected chi connectivity index (χ1v) is 6.03. The molecule has 0 fully saturated rings. The van der Waals surface area contributed by atoms with Crippen LogP contribution in [0.3, 0.4) is 0 Å². The van der Waals surface area contributed by atoms with Crippen molar-refractivity contribution < 1.29 is 19.1 Å². The molecule has 0 spiro atoms. The average Bonchev–Trinajstić information content (AvgIpc) is 2.88. The molecule has 0 unspecified atom stereocenters. The number of nitrogens with zero attached hydrogens (tertiary/aromatic N) is 1. The van der Waals surface area contributed by atoms with E-state index in [4.69, 9.17) is 14.3 Å². The van der Waals surface area contributed by atoms with Crippen molar-refractivity contribution >= 4 is 17.1 Å². The minimum atomic E-state index is -1.03. The standard InChI is InChI=1S/C15H11NO4/c17-15(18)11-7-4-8-12-14(11)16-13(20-12)9-19-10-5-2-1-3-6-10/h1-8H,9H2,(H,17,18). The number of oxazole rings is 1. The predicted octanol–water partition coefficient (Wildman–Crippen LogP) is 3.11. The first-order valence-electron chi connectivity index (χ1n) is 6.03. The summed E-state index contributed by atoms with van der Waals surface area (Å²) in [5.74, 6) is 0.0187. The highest BCUT2D eigenvalue weighted by Gasteiger charge is 2.14. The van der Waals surface area contributed by atoms with E-state index in [1.165, 1.54) is 6.07 Å². The first kappa shape index (κ1) is 12.2. The Morgan fingerprint density at radius 2 is 1.95 bits per heavy atom. The summed E-state index contributed by atoms with van der Waals surface area (Å²) in [6.45, 7) is 0.151. The van der Waals surface area contributed by atoms with Gasteiger partial charge in [-0.15, -0.1) is 0 Å². The fourth-order valence-electron chi connectivity index (χ4n) is 1.89. The van der Waals surface area contributed by atoms with Crippen molar-refractivity contribution in [3.05, 3.63) is 60.0 Å². The quantitative estimate of drug-likeness (QED) is 0.787. The van der Waals surface area contributed by atoms with E-state index in [-0.39, 0.29) is 12.2 Å². The smallest absolute Gasteiger partial charge is 0.338 e. The second-order valence-electron chi connectivity index (χ2n) is 4.17. The van der Waals surface area contributed by atoms with Gasteiger partial charge in [-0.1, -0.05) is 24.3 Å². The maximum Gasteiger partial charge on any atom is 0.338 e. The van der Waals surface area contributed by atoms with E-state index in [1.54, 1.807) is 12.1 Å². The van der Waals surface area contributed by atoms with Crippen LogP contribution in [0.15, 0.2) is 52.9 Å². The third kappa shape index (κ3) is 2.33. The van der Waals surface area contributed by atoms with Gasteiger partial charge in [-0.3, -0.25) is 0 Å². The highest BCUT2D eigenvalue weighted by molar-refractivity contribution is 6.00. The van der Waals surface area contributed by atoms with Crippen LogP contribution in [0.1, 0.15) is 16.2 Å². The van der Waals surface area contributed by atoms with Gasteiger partial charge in [0.25, 0.3) is 0 Å². The zero-order chi connectivity index (χ0) is 13.9. The van der Waals surface area contributed by atoms with Crippen molar-refractivity contribution in [2.75, 3.05) is 0 Å². The number of ether oxygens (including phenoxy) is 1. The maximum atomic E-state index is 11.1. The second-order valence-corrected chi connectivity index (χ2v) is 4.17. The van der Waals surface area contributed by atoms with Gasteiger partial charge in [-0.05, 0) is 24.3 Å². The van der Waals surface area contributed by atoms with Crippen LogP contribution >= 0.6 is 0 Å². The number of carboxylic acids is 1. The summed E-state index contributed by atoms with van der Waals surface area (Å²) in [6, 6.07) is 14.1. The molecule has 1 heterocycles. The lowest BCUT2D eigenvalue weighted by molar-refractivity contribution is 0.0699. The van der Waals surface area contributed by atoms with Gasteiger partial charge in [0, 0.05) is 0 Å². The SMILES string of the molecule is O=C(O)c1cccc2oc(COc3ccccc3)nc12. The number of para-hydroxylation sites is 2. The normalized spacial score (nSPS) is 10.6. The number of carbonyl (C=O) groups is 1. The molecular weight excluding hydrogens is 258 g/mol. The van der Waals surface area contributed by atoms with Gasteiger partial charge in [-0.2, -0.15) is 0 Å². The minimum absolute atomic E-state index is 0.122. The van der Waals surface area contributed by atoms with Crippen molar-refractivity contribution in [3.8, 4) is 5.75 Å². The van der Waals surface area contributed by atoms with Crippen LogP contribution < -0.4 is 4.74 Å². The lowest BCUT2D eigenvalue weighted by atomic mass is 10.2. The Bertz CT molecular complexity index is 749. The highest BCUT2D eigenvalue weighted by Crippen LogP contribution is 2.20. The summed E-state index contributed by atoms with van der Waals surface area (Å²) < 4.78 is 11.0. The summed E-state index contributed by atoms with van der Waals surface area (Å²) >= 11 is 0. The molecule has 20 heavy (non-hydrogen) atoms. The Labute approximate surface area is 114 Å². The Morgan fingerprint density at radius 1 is 1.15 bits per heavy atom. The predicted molar refractivity (Wildman–Crippen MR) is 71.7 cm³/mol. The Balaban J connectivity index is 1.86. The van der Waals surface area contributed by atoms with Crippen LogP contribution in [0.2, 0.25) is 0 Å². The Kier molecular flexibility index (Phi) is 3.09. The molecule has 1 aromatic heterocycles. The molecule has 0 amide bonds. The van der Waals surface area contributed by atoms with Gasteiger partial charge < -0.3 is 14.3 Å². The maximum absolute atomic E-state index is 11.1. The molecule has 0 radical (unpaired) electrons. The van der Waals surface area contributed by atoms with Crippen LogP contribution in [0.25, 0.3) is 11.1 Å². The second kappa shape index (κ2) is 5.05. The van der Waals surface area contributed by atoms with Crippen molar-refractivity contribution in [2.45, 2.75) is 6.61 Å². The van der Waals surface area contributed by atoms with E-state index in [9.17, 15) is 4.79 Å². The molecular formula is C15H11NO4.